The number of anilines is 1. The maximum atomic E-state index is 12.7. The molecule has 0 saturated carbocycles. The van der Waals surface area contributed by atoms with Crippen LogP contribution in [-0.2, 0) is 24.8 Å². The molecule has 0 radical (unpaired) electrons. The monoisotopic (exact) mass is 559 g/mol. The number of aromatic nitrogens is 1. The molecule has 28 heavy (non-hydrogen) atoms. The summed E-state index contributed by atoms with van der Waals surface area (Å²) in [7, 11) is 4.00. The summed E-state index contributed by atoms with van der Waals surface area (Å²) in [6.45, 7) is 4.35. The van der Waals surface area contributed by atoms with E-state index in [9.17, 15) is 4.79 Å². The van der Waals surface area contributed by atoms with Crippen molar-refractivity contribution in [2.24, 2.45) is 12.0 Å². The number of halogens is 2. The van der Waals surface area contributed by atoms with Crippen molar-refractivity contribution in [3.8, 4) is 0 Å². The molecule has 0 atom stereocenters. The maximum Gasteiger partial charge on any atom is 0.248 e. The first-order valence-corrected chi connectivity index (χ1v) is 9.97. The number of carbonyl (C=O) groups excluding carboxylic acids is 1. The number of hydrogen-bond acceptors (Lipinski definition) is 2. The highest BCUT2D eigenvalue weighted by atomic mass is 127. The summed E-state index contributed by atoms with van der Waals surface area (Å²) in [6, 6.07) is 10.2. The summed E-state index contributed by atoms with van der Waals surface area (Å²) in [5.74, 6) is 0.765. The molecule has 1 amide bonds. The normalized spacial score (nSPS) is 13.1. The minimum absolute atomic E-state index is 0. The van der Waals surface area contributed by atoms with Gasteiger partial charge in [0.15, 0.2) is 5.96 Å². The number of rotatable bonds is 5. The number of hydrogen-bond donors (Lipinski definition) is 1. The third-order valence-corrected chi connectivity index (χ3v) is 5.16. The van der Waals surface area contributed by atoms with E-state index < -0.39 is 0 Å². The lowest BCUT2D eigenvalue weighted by atomic mass is 10.2. The molecular weight excluding hydrogens is 533 g/mol. The van der Waals surface area contributed by atoms with Crippen LogP contribution in [0.4, 0.5) is 5.69 Å². The van der Waals surface area contributed by atoms with Crippen molar-refractivity contribution in [3.63, 3.8) is 0 Å². The Kier molecular flexibility index (Phi) is 8.36. The van der Waals surface area contributed by atoms with Crippen molar-refractivity contribution >= 4 is 57.5 Å². The number of nitrogens with zero attached hydrogens (tertiary/aromatic N) is 4. The van der Waals surface area contributed by atoms with Crippen LogP contribution < -0.4 is 10.2 Å². The Morgan fingerprint density at radius 2 is 2.11 bits per heavy atom. The zero-order chi connectivity index (χ0) is 19.4. The lowest BCUT2D eigenvalue weighted by molar-refractivity contribution is -0.117. The molecule has 1 aliphatic rings. The van der Waals surface area contributed by atoms with Gasteiger partial charge in [0.05, 0.1) is 6.54 Å². The number of guanidine groups is 1. The third kappa shape index (κ3) is 5.28. The lowest BCUT2D eigenvalue weighted by Gasteiger charge is -2.23. The Bertz CT molecular complexity index is 851. The molecule has 0 fully saturated rings. The molecule has 2 aromatic rings. The van der Waals surface area contributed by atoms with Gasteiger partial charge in [-0.25, -0.2) is 4.99 Å². The first-order valence-electron chi connectivity index (χ1n) is 9.18. The number of amides is 1. The Morgan fingerprint density at radius 3 is 2.79 bits per heavy atom. The van der Waals surface area contributed by atoms with Crippen LogP contribution in [0.2, 0.25) is 0 Å². The van der Waals surface area contributed by atoms with E-state index in [1.807, 2.05) is 55.2 Å². The standard InChI is InChI=1S/C20H26BrN5O.HI/c1-4-22-20(25(3)14-17-11-16(21)13-24(17)2)23-12-19(27)26-10-9-15-7-5-6-8-18(15)26;/h5-8,11,13H,4,9-10,12,14H2,1-3H3,(H,22,23);1H. The van der Waals surface area contributed by atoms with Crippen LogP contribution in [0.25, 0.3) is 0 Å². The van der Waals surface area contributed by atoms with Gasteiger partial charge >= 0.3 is 0 Å². The molecule has 8 heteroatoms. The second kappa shape index (κ2) is 10.3. The van der Waals surface area contributed by atoms with Crippen molar-refractivity contribution in [1.82, 2.24) is 14.8 Å². The molecule has 1 aromatic carbocycles. The van der Waals surface area contributed by atoms with Gasteiger partial charge < -0.3 is 19.7 Å². The number of fused-ring (bicyclic) bond motifs is 1. The highest BCUT2D eigenvalue weighted by Crippen LogP contribution is 2.27. The summed E-state index contributed by atoms with van der Waals surface area (Å²) in [5, 5.41) is 3.28. The second-order valence-electron chi connectivity index (χ2n) is 6.71. The van der Waals surface area contributed by atoms with Gasteiger partial charge in [0, 0.05) is 49.2 Å². The molecule has 1 aromatic heterocycles. The van der Waals surface area contributed by atoms with Gasteiger partial charge in [0.25, 0.3) is 0 Å². The van der Waals surface area contributed by atoms with Crippen molar-refractivity contribution in [2.45, 2.75) is 19.9 Å². The molecule has 0 saturated heterocycles. The van der Waals surface area contributed by atoms with E-state index in [1.165, 1.54) is 5.56 Å². The number of benzene rings is 1. The van der Waals surface area contributed by atoms with Gasteiger partial charge in [0.2, 0.25) is 5.91 Å². The van der Waals surface area contributed by atoms with Gasteiger partial charge in [0.1, 0.15) is 6.54 Å². The zero-order valence-corrected chi connectivity index (χ0v) is 20.4. The third-order valence-electron chi connectivity index (χ3n) is 4.72. The van der Waals surface area contributed by atoms with Crippen LogP contribution in [0, 0.1) is 0 Å². The summed E-state index contributed by atoms with van der Waals surface area (Å²) in [5.41, 5.74) is 3.41. The SMILES string of the molecule is CCNC(=NCC(=O)N1CCc2ccccc21)N(C)Cc1cc(Br)cn1C.I. The van der Waals surface area contributed by atoms with Crippen LogP contribution in [0.15, 0.2) is 46.0 Å². The van der Waals surface area contributed by atoms with E-state index in [0.717, 1.165) is 41.3 Å². The largest absolute Gasteiger partial charge is 0.357 e. The van der Waals surface area contributed by atoms with E-state index in [4.69, 9.17) is 0 Å². The van der Waals surface area contributed by atoms with E-state index >= 15 is 0 Å². The minimum atomic E-state index is 0. The summed E-state index contributed by atoms with van der Waals surface area (Å²) in [6.07, 6.45) is 2.94. The fourth-order valence-electron chi connectivity index (χ4n) is 3.34. The fraction of sp³-hybridized carbons (Fsp3) is 0.400. The lowest BCUT2D eigenvalue weighted by Crippen LogP contribution is -2.40. The number of nitrogens with one attached hydrogen (secondary N) is 1. The van der Waals surface area contributed by atoms with Crippen LogP contribution in [0.3, 0.4) is 0 Å². The Balaban J connectivity index is 0.00000280. The number of para-hydroxylation sites is 1. The van der Waals surface area contributed by atoms with Crippen molar-refractivity contribution in [1.29, 1.82) is 0 Å². The molecule has 0 spiro atoms. The Labute approximate surface area is 192 Å². The van der Waals surface area contributed by atoms with Crippen LogP contribution in [-0.4, -0.2) is 48.0 Å². The summed E-state index contributed by atoms with van der Waals surface area (Å²) in [4.78, 5) is 21.2. The molecule has 1 N–H and O–H groups in total. The predicted octanol–water partition coefficient (Wildman–Crippen LogP) is 3.39. The number of aliphatic imine (C=N–C) groups is 1. The van der Waals surface area contributed by atoms with Crippen molar-refractivity contribution in [2.75, 3.05) is 31.6 Å². The van der Waals surface area contributed by atoms with E-state index in [2.05, 4.69) is 42.9 Å². The molecule has 152 valence electrons. The van der Waals surface area contributed by atoms with Crippen molar-refractivity contribution in [3.05, 3.63) is 52.3 Å². The minimum Gasteiger partial charge on any atom is -0.357 e. The Hall–Kier alpha value is -1.55. The number of carbonyl (C=O) groups is 1. The van der Waals surface area contributed by atoms with Gasteiger partial charge in [-0.15, -0.1) is 24.0 Å². The summed E-state index contributed by atoms with van der Waals surface area (Å²) < 4.78 is 3.13. The quantitative estimate of drug-likeness (QED) is 0.347. The van der Waals surface area contributed by atoms with Gasteiger partial charge in [-0.1, -0.05) is 18.2 Å². The smallest absolute Gasteiger partial charge is 0.248 e. The van der Waals surface area contributed by atoms with Crippen LogP contribution in [0.1, 0.15) is 18.2 Å². The molecule has 2 heterocycles. The van der Waals surface area contributed by atoms with Crippen LogP contribution in [0.5, 0.6) is 0 Å². The van der Waals surface area contributed by atoms with Crippen molar-refractivity contribution < 1.29 is 4.79 Å². The Morgan fingerprint density at radius 1 is 1.36 bits per heavy atom. The average Bonchev–Trinajstić information content (AvgIpc) is 3.21. The fourth-order valence-corrected chi connectivity index (χ4v) is 3.91. The maximum absolute atomic E-state index is 12.7. The molecule has 0 unspecified atom stereocenters. The average molecular weight is 560 g/mol. The molecule has 0 aliphatic carbocycles. The van der Waals surface area contributed by atoms with Gasteiger partial charge in [-0.3, -0.25) is 4.79 Å². The van der Waals surface area contributed by atoms with E-state index in [-0.39, 0.29) is 36.4 Å². The number of aryl methyl sites for hydroxylation is 1. The topological polar surface area (TPSA) is 52.9 Å². The molecule has 3 rings (SSSR count). The van der Waals surface area contributed by atoms with E-state index in [1.54, 1.807) is 0 Å². The zero-order valence-electron chi connectivity index (χ0n) is 16.5. The van der Waals surface area contributed by atoms with Gasteiger partial charge in [-0.05, 0) is 47.0 Å². The predicted molar refractivity (Wildman–Crippen MR) is 128 cm³/mol. The second-order valence-corrected chi connectivity index (χ2v) is 7.63. The molecular formula is C20H27BrIN5O. The first kappa shape index (κ1) is 22.7. The highest BCUT2D eigenvalue weighted by molar-refractivity contribution is 14.0. The van der Waals surface area contributed by atoms with Crippen LogP contribution >= 0.6 is 39.9 Å². The molecule has 1 aliphatic heterocycles. The van der Waals surface area contributed by atoms with E-state index in [0.29, 0.717) is 6.54 Å². The molecule has 6 nitrogen and oxygen atoms in total. The summed E-state index contributed by atoms with van der Waals surface area (Å²) >= 11 is 3.51. The van der Waals surface area contributed by atoms with Gasteiger partial charge in [-0.2, -0.15) is 0 Å². The molecule has 0 bridgehead atoms. The first-order chi connectivity index (χ1) is 13.0. The highest BCUT2D eigenvalue weighted by Gasteiger charge is 2.23.